The first-order valence-electron chi connectivity index (χ1n) is 4.18. The summed E-state index contributed by atoms with van der Waals surface area (Å²) in [7, 11) is 1.75. The lowest BCUT2D eigenvalue weighted by atomic mass is 10.2. The molecule has 2 aromatic heterocycles. The summed E-state index contributed by atoms with van der Waals surface area (Å²) < 4.78 is 1.56. The summed E-state index contributed by atoms with van der Waals surface area (Å²) >= 11 is 12.0. The number of aryl methyl sites for hydroxylation is 1. The van der Waals surface area contributed by atoms with Crippen LogP contribution < -0.4 is 5.73 Å². The molecule has 0 saturated heterocycles. The fourth-order valence-electron chi connectivity index (χ4n) is 1.26. The Balaban J connectivity index is 2.63. The van der Waals surface area contributed by atoms with E-state index < -0.39 is 0 Å². The molecular weight excluding hydrogens is 235 g/mol. The van der Waals surface area contributed by atoms with E-state index in [0.29, 0.717) is 27.1 Å². The van der Waals surface area contributed by atoms with Gasteiger partial charge in [0.25, 0.3) is 0 Å². The average Bonchev–Trinajstić information content (AvgIpc) is 2.46. The molecule has 78 valence electrons. The third kappa shape index (κ3) is 1.78. The van der Waals surface area contributed by atoms with Crippen molar-refractivity contribution in [2.24, 2.45) is 7.05 Å². The van der Waals surface area contributed by atoms with E-state index in [1.54, 1.807) is 17.8 Å². The fourth-order valence-corrected chi connectivity index (χ4v) is 1.82. The van der Waals surface area contributed by atoms with Crippen LogP contribution >= 0.6 is 23.2 Å². The molecule has 0 fully saturated rings. The van der Waals surface area contributed by atoms with Gasteiger partial charge in [0.15, 0.2) is 0 Å². The van der Waals surface area contributed by atoms with Gasteiger partial charge in [-0.05, 0) is 0 Å². The van der Waals surface area contributed by atoms with Crippen molar-refractivity contribution in [1.29, 1.82) is 0 Å². The quantitative estimate of drug-likeness (QED) is 0.836. The van der Waals surface area contributed by atoms with E-state index in [1.165, 1.54) is 12.4 Å². The zero-order valence-electron chi connectivity index (χ0n) is 7.91. The Bertz CT molecular complexity index is 467. The average molecular weight is 243 g/mol. The summed E-state index contributed by atoms with van der Waals surface area (Å²) in [5, 5.41) is 5.11. The molecule has 0 unspecified atom stereocenters. The van der Waals surface area contributed by atoms with E-state index >= 15 is 0 Å². The van der Waals surface area contributed by atoms with Crippen molar-refractivity contribution in [1.82, 2.24) is 14.8 Å². The summed E-state index contributed by atoms with van der Waals surface area (Å²) in [6.45, 7) is 0. The number of nitrogens with two attached hydrogens (primary N) is 1. The molecule has 0 amide bonds. The number of hydrogen-bond acceptors (Lipinski definition) is 3. The Kier molecular flexibility index (Phi) is 2.54. The Morgan fingerprint density at radius 2 is 1.87 bits per heavy atom. The van der Waals surface area contributed by atoms with Crippen molar-refractivity contribution in [3.8, 4) is 11.3 Å². The summed E-state index contributed by atoms with van der Waals surface area (Å²) in [5.41, 5.74) is 6.98. The lowest BCUT2D eigenvalue weighted by molar-refractivity contribution is 0.782. The van der Waals surface area contributed by atoms with Crippen LogP contribution in [0.1, 0.15) is 0 Å². The van der Waals surface area contributed by atoms with E-state index in [9.17, 15) is 0 Å². The maximum absolute atomic E-state index is 5.99. The first-order valence-corrected chi connectivity index (χ1v) is 4.94. The molecule has 0 aliphatic carbocycles. The van der Waals surface area contributed by atoms with Crippen LogP contribution in [-0.4, -0.2) is 14.8 Å². The van der Waals surface area contributed by atoms with Gasteiger partial charge in [-0.25, -0.2) is 0 Å². The standard InChI is InChI=1S/C9H8Cl2N4/c1-15-8(12)2-7(14-15)9-5(10)3-13-4-6(9)11/h2-4H,12H2,1H3. The Morgan fingerprint density at radius 1 is 1.27 bits per heavy atom. The van der Waals surface area contributed by atoms with Crippen LogP contribution in [0.3, 0.4) is 0 Å². The van der Waals surface area contributed by atoms with E-state index in [2.05, 4.69) is 10.1 Å². The molecule has 0 aliphatic heterocycles. The summed E-state index contributed by atoms with van der Waals surface area (Å²) in [6.07, 6.45) is 3.04. The highest BCUT2D eigenvalue weighted by Crippen LogP contribution is 2.33. The second-order valence-electron chi connectivity index (χ2n) is 3.06. The third-order valence-corrected chi connectivity index (χ3v) is 2.60. The van der Waals surface area contributed by atoms with Crippen molar-refractivity contribution in [2.75, 3.05) is 5.73 Å². The van der Waals surface area contributed by atoms with Gasteiger partial charge in [0.1, 0.15) is 5.82 Å². The van der Waals surface area contributed by atoms with E-state index in [0.717, 1.165) is 0 Å². The topological polar surface area (TPSA) is 56.7 Å². The second-order valence-corrected chi connectivity index (χ2v) is 3.87. The first kappa shape index (κ1) is 10.3. The highest BCUT2D eigenvalue weighted by Gasteiger charge is 2.12. The molecule has 2 rings (SSSR count). The molecule has 0 aliphatic rings. The largest absolute Gasteiger partial charge is 0.384 e. The zero-order valence-corrected chi connectivity index (χ0v) is 9.42. The van der Waals surface area contributed by atoms with Gasteiger partial charge in [-0.2, -0.15) is 5.10 Å². The minimum atomic E-state index is 0.459. The Hall–Kier alpha value is -1.26. The maximum atomic E-state index is 5.99. The first-order chi connectivity index (χ1) is 7.09. The van der Waals surface area contributed by atoms with Crippen molar-refractivity contribution in [3.63, 3.8) is 0 Å². The number of rotatable bonds is 1. The van der Waals surface area contributed by atoms with Crippen molar-refractivity contribution < 1.29 is 0 Å². The van der Waals surface area contributed by atoms with Crippen LogP contribution in [0, 0.1) is 0 Å². The molecule has 0 saturated carbocycles. The lowest BCUT2D eigenvalue weighted by Gasteiger charge is -2.01. The molecule has 2 heterocycles. The van der Waals surface area contributed by atoms with Crippen molar-refractivity contribution >= 4 is 29.0 Å². The lowest BCUT2D eigenvalue weighted by Crippen LogP contribution is -1.96. The van der Waals surface area contributed by atoms with Gasteiger partial charge >= 0.3 is 0 Å². The van der Waals surface area contributed by atoms with Crippen LogP contribution in [0.2, 0.25) is 10.0 Å². The normalized spacial score (nSPS) is 10.6. The monoisotopic (exact) mass is 242 g/mol. The summed E-state index contributed by atoms with van der Waals surface area (Å²) in [6, 6.07) is 1.72. The van der Waals surface area contributed by atoms with Gasteiger partial charge in [-0.1, -0.05) is 23.2 Å². The highest BCUT2D eigenvalue weighted by atomic mass is 35.5. The van der Waals surface area contributed by atoms with Gasteiger partial charge in [-0.3, -0.25) is 9.67 Å². The minimum Gasteiger partial charge on any atom is -0.384 e. The molecule has 0 bridgehead atoms. The molecule has 2 aromatic rings. The predicted molar refractivity (Wildman–Crippen MR) is 60.9 cm³/mol. The van der Waals surface area contributed by atoms with E-state index in [4.69, 9.17) is 28.9 Å². The van der Waals surface area contributed by atoms with Gasteiger partial charge in [-0.15, -0.1) is 0 Å². The molecule has 0 spiro atoms. The number of pyridine rings is 1. The number of nitrogens with zero attached hydrogens (tertiary/aromatic N) is 3. The third-order valence-electron chi connectivity index (χ3n) is 2.03. The van der Waals surface area contributed by atoms with Gasteiger partial charge in [0.2, 0.25) is 0 Å². The highest BCUT2D eigenvalue weighted by molar-refractivity contribution is 6.38. The van der Waals surface area contributed by atoms with Gasteiger partial charge < -0.3 is 5.73 Å². The molecule has 15 heavy (non-hydrogen) atoms. The van der Waals surface area contributed by atoms with E-state index in [-0.39, 0.29) is 0 Å². The van der Waals surface area contributed by atoms with Crippen molar-refractivity contribution in [2.45, 2.75) is 0 Å². The minimum absolute atomic E-state index is 0.459. The number of anilines is 1. The predicted octanol–water partition coefficient (Wildman–Crippen LogP) is 2.37. The van der Waals surface area contributed by atoms with Crippen LogP contribution in [0.5, 0.6) is 0 Å². The summed E-state index contributed by atoms with van der Waals surface area (Å²) in [5.74, 6) is 0.550. The van der Waals surface area contributed by atoms with Crippen molar-refractivity contribution in [3.05, 3.63) is 28.5 Å². The summed E-state index contributed by atoms with van der Waals surface area (Å²) in [4.78, 5) is 3.87. The number of aromatic nitrogens is 3. The molecule has 2 N–H and O–H groups in total. The Labute approximate surface area is 96.6 Å². The second kappa shape index (κ2) is 3.72. The molecule has 6 heteroatoms. The van der Waals surface area contributed by atoms with E-state index in [1.807, 2.05) is 0 Å². The van der Waals surface area contributed by atoms with Crippen LogP contribution in [-0.2, 0) is 7.05 Å². The molecule has 0 radical (unpaired) electrons. The van der Waals surface area contributed by atoms with Crippen LogP contribution in [0.4, 0.5) is 5.82 Å². The number of hydrogen-bond donors (Lipinski definition) is 1. The maximum Gasteiger partial charge on any atom is 0.121 e. The number of nitrogen functional groups attached to an aromatic ring is 1. The SMILES string of the molecule is Cn1nc(-c2c(Cl)cncc2Cl)cc1N. The van der Waals surface area contributed by atoms with Crippen LogP contribution in [0.25, 0.3) is 11.3 Å². The number of halogens is 2. The molecule has 4 nitrogen and oxygen atoms in total. The van der Waals surface area contributed by atoms with Gasteiger partial charge in [0.05, 0.1) is 15.7 Å². The smallest absolute Gasteiger partial charge is 0.121 e. The molecule has 0 aromatic carbocycles. The Morgan fingerprint density at radius 3 is 2.33 bits per heavy atom. The fraction of sp³-hybridized carbons (Fsp3) is 0.111. The van der Waals surface area contributed by atoms with Crippen LogP contribution in [0.15, 0.2) is 18.5 Å². The molecule has 0 atom stereocenters. The molecular formula is C9H8Cl2N4. The zero-order chi connectivity index (χ0) is 11.0. The van der Waals surface area contributed by atoms with Gasteiger partial charge in [0, 0.05) is 31.1 Å².